The topological polar surface area (TPSA) is 69.7 Å². The highest BCUT2D eigenvalue weighted by Crippen LogP contribution is 2.56. The van der Waals surface area contributed by atoms with Gasteiger partial charge in [-0.2, -0.15) is 11.3 Å². The molecule has 0 bridgehead atoms. The molecule has 1 aliphatic carbocycles. The summed E-state index contributed by atoms with van der Waals surface area (Å²) in [6.07, 6.45) is 4.11. The number of rotatable bonds is 6. The second-order valence-electron chi connectivity index (χ2n) is 7.67. The van der Waals surface area contributed by atoms with Gasteiger partial charge in [-0.15, -0.1) is 12.4 Å². The van der Waals surface area contributed by atoms with Crippen LogP contribution in [0.2, 0.25) is 0 Å². The second kappa shape index (κ2) is 8.29. The van der Waals surface area contributed by atoms with Crippen molar-refractivity contribution >= 4 is 41.5 Å². The fourth-order valence-electron chi connectivity index (χ4n) is 4.40. The molecule has 1 atom stereocenters. The van der Waals surface area contributed by atoms with E-state index < -0.39 is 0 Å². The number of likely N-dealkylation sites (tertiary alicyclic amines) is 1. The van der Waals surface area contributed by atoms with Gasteiger partial charge in [0.1, 0.15) is 0 Å². The molecule has 1 unspecified atom stereocenters. The Morgan fingerprint density at radius 2 is 1.96 bits per heavy atom. The van der Waals surface area contributed by atoms with Gasteiger partial charge in [-0.25, -0.2) is 0 Å². The number of carbonyl (C=O) groups excluding carboxylic acids is 3. The Hall–Kier alpha value is -1.44. The van der Waals surface area contributed by atoms with Crippen LogP contribution in [0.5, 0.6) is 0 Å². The Morgan fingerprint density at radius 1 is 1.26 bits per heavy atom. The van der Waals surface area contributed by atoms with Crippen molar-refractivity contribution in [1.29, 1.82) is 0 Å². The smallest absolute Gasteiger partial charge is 0.229 e. The third-order valence-corrected chi connectivity index (χ3v) is 6.81. The third kappa shape index (κ3) is 4.20. The SMILES string of the molecule is Cl.O=C1CCC(=O)N1CCC(=O)N(Cc1ccsc1)C1CC12CCNCC2. The zero-order valence-corrected chi connectivity index (χ0v) is 16.9. The number of amides is 3. The van der Waals surface area contributed by atoms with Crippen LogP contribution in [-0.4, -0.2) is 53.2 Å². The molecule has 3 fully saturated rings. The quantitative estimate of drug-likeness (QED) is 0.728. The molecule has 2 saturated heterocycles. The van der Waals surface area contributed by atoms with Crippen molar-refractivity contribution in [3.05, 3.63) is 22.4 Å². The Kier molecular flexibility index (Phi) is 6.23. The number of hydrogen-bond acceptors (Lipinski definition) is 5. The van der Waals surface area contributed by atoms with E-state index in [1.165, 1.54) is 4.90 Å². The highest BCUT2D eigenvalue weighted by Gasteiger charge is 2.57. The zero-order valence-electron chi connectivity index (χ0n) is 15.3. The summed E-state index contributed by atoms with van der Waals surface area (Å²) >= 11 is 1.64. The van der Waals surface area contributed by atoms with Crippen molar-refractivity contribution < 1.29 is 14.4 Å². The van der Waals surface area contributed by atoms with Crippen LogP contribution >= 0.6 is 23.7 Å². The normalized spacial score (nSPS) is 23.4. The molecular formula is C19H26ClN3O3S. The van der Waals surface area contributed by atoms with Crippen LogP contribution in [0.3, 0.4) is 0 Å². The summed E-state index contributed by atoms with van der Waals surface area (Å²) in [5.74, 6) is -0.231. The first-order chi connectivity index (χ1) is 12.6. The number of thiophene rings is 1. The molecule has 1 aromatic rings. The van der Waals surface area contributed by atoms with E-state index in [2.05, 4.69) is 16.8 Å². The monoisotopic (exact) mass is 411 g/mol. The van der Waals surface area contributed by atoms with E-state index in [-0.39, 0.29) is 61.4 Å². The maximum Gasteiger partial charge on any atom is 0.229 e. The summed E-state index contributed by atoms with van der Waals surface area (Å²) in [7, 11) is 0. The number of hydrogen-bond donors (Lipinski definition) is 1. The van der Waals surface area contributed by atoms with Crippen molar-refractivity contribution in [3.8, 4) is 0 Å². The molecule has 0 aromatic carbocycles. The van der Waals surface area contributed by atoms with Crippen molar-refractivity contribution in [2.45, 2.75) is 51.1 Å². The first-order valence-corrected chi connectivity index (χ1v) is 10.4. The first kappa shape index (κ1) is 20.3. The number of imide groups is 1. The molecule has 1 N–H and O–H groups in total. The summed E-state index contributed by atoms with van der Waals surface area (Å²) in [5, 5.41) is 7.53. The van der Waals surface area contributed by atoms with Crippen LogP contribution in [0.25, 0.3) is 0 Å². The lowest BCUT2D eigenvalue weighted by molar-refractivity contribution is -0.139. The standard InChI is InChI=1S/C19H25N3O3S.ClH/c23-16-1-2-17(24)21(16)9-3-18(25)22(12-14-4-10-26-13-14)15-11-19(15)5-7-20-8-6-19;/h4,10,13,15,20H,1-3,5-9,11-12H2;1H. The summed E-state index contributed by atoms with van der Waals surface area (Å²) < 4.78 is 0. The van der Waals surface area contributed by atoms with Gasteiger partial charge in [0.15, 0.2) is 0 Å². The van der Waals surface area contributed by atoms with Crippen LogP contribution in [0.1, 0.15) is 44.1 Å². The van der Waals surface area contributed by atoms with E-state index in [1.807, 2.05) is 10.3 Å². The molecule has 1 aromatic heterocycles. The maximum absolute atomic E-state index is 13.0. The van der Waals surface area contributed by atoms with Crippen LogP contribution < -0.4 is 5.32 Å². The van der Waals surface area contributed by atoms with Gasteiger partial charge in [-0.1, -0.05) is 0 Å². The maximum atomic E-state index is 13.0. The summed E-state index contributed by atoms with van der Waals surface area (Å²) in [6.45, 7) is 2.89. The lowest BCUT2D eigenvalue weighted by atomic mass is 9.93. The molecule has 3 aliphatic rings. The molecule has 3 heterocycles. The molecule has 1 saturated carbocycles. The van der Waals surface area contributed by atoms with Crippen LogP contribution in [0.4, 0.5) is 0 Å². The first-order valence-electron chi connectivity index (χ1n) is 9.43. The van der Waals surface area contributed by atoms with Crippen molar-refractivity contribution in [1.82, 2.24) is 15.1 Å². The van der Waals surface area contributed by atoms with Gasteiger partial charge in [-0.05, 0) is 60.2 Å². The Balaban J connectivity index is 0.00000210. The van der Waals surface area contributed by atoms with Crippen molar-refractivity contribution in [2.75, 3.05) is 19.6 Å². The number of carbonyl (C=O) groups is 3. The van der Waals surface area contributed by atoms with E-state index in [1.54, 1.807) is 11.3 Å². The van der Waals surface area contributed by atoms with E-state index in [4.69, 9.17) is 0 Å². The molecule has 3 amide bonds. The average molecular weight is 412 g/mol. The Bertz CT molecular complexity index is 687. The van der Waals surface area contributed by atoms with Gasteiger partial charge < -0.3 is 10.2 Å². The highest BCUT2D eigenvalue weighted by molar-refractivity contribution is 7.07. The van der Waals surface area contributed by atoms with Crippen LogP contribution in [0, 0.1) is 5.41 Å². The summed E-state index contributed by atoms with van der Waals surface area (Å²) in [4.78, 5) is 39.9. The molecule has 8 heteroatoms. The van der Waals surface area contributed by atoms with Crippen molar-refractivity contribution in [3.63, 3.8) is 0 Å². The highest BCUT2D eigenvalue weighted by atomic mass is 35.5. The second-order valence-corrected chi connectivity index (χ2v) is 8.45. The number of halogens is 1. The lowest BCUT2D eigenvalue weighted by Crippen LogP contribution is -2.40. The van der Waals surface area contributed by atoms with E-state index in [0.29, 0.717) is 12.6 Å². The molecular weight excluding hydrogens is 386 g/mol. The molecule has 148 valence electrons. The molecule has 1 spiro atoms. The van der Waals surface area contributed by atoms with E-state index >= 15 is 0 Å². The Morgan fingerprint density at radius 3 is 2.59 bits per heavy atom. The van der Waals surface area contributed by atoms with Gasteiger partial charge in [-0.3, -0.25) is 19.3 Å². The fourth-order valence-corrected chi connectivity index (χ4v) is 5.06. The minimum atomic E-state index is -0.145. The predicted molar refractivity (Wildman–Crippen MR) is 106 cm³/mol. The molecule has 27 heavy (non-hydrogen) atoms. The Labute approximate surface area is 169 Å². The average Bonchev–Trinajstić information content (AvgIpc) is 2.98. The fraction of sp³-hybridized carbons (Fsp3) is 0.632. The summed E-state index contributed by atoms with van der Waals surface area (Å²) in [5.41, 5.74) is 1.43. The number of nitrogens with one attached hydrogen (secondary N) is 1. The van der Waals surface area contributed by atoms with Gasteiger partial charge in [0, 0.05) is 38.4 Å². The lowest BCUT2D eigenvalue weighted by Gasteiger charge is -2.30. The number of piperidine rings is 1. The van der Waals surface area contributed by atoms with Crippen LogP contribution in [0.15, 0.2) is 16.8 Å². The van der Waals surface area contributed by atoms with E-state index in [9.17, 15) is 14.4 Å². The molecule has 0 radical (unpaired) electrons. The molecule has 4 rings (SSSR count). The largest absolute Gasteiger partial charge is 0.335 e. The molecule has 2 aliphatic heterocycles. The van der Waals surface area contributed by atoms with Crippen LogP contribution in [-0.2, 0) is 20.9 Å². The summed E-state index contributed by atoms with van der Waals surface area (Å²) in [6, 6.07) is 2.36. The van der Waals surface area contributed by atoms with Gasteiger partial charge >= 0.3 is 0 Å². The minimum Gasteiger partial charge on any atom is -0.335 e. The number of nitrogens with zero attached hydrogens (tertiary/aromatic N) is 2. The molecule has 6 nitrogen and oxygen atoms in total. The van der Waals surface area contributed by atoms with Gasteiger partial charge in [0.2, 0.25) is 17.7 Å². The van der Waals surface area contributed by atoms with E-state index in [0.717, 1.165) is 37.9 Å². The van der Waals surface area contributed by atoms with Gasteiger partial charge in [0.05, 0.1) is 0 Å². The predicted octanol–water partition coefficient (Wildman–Crippen LogP) is 2.18. The minimum absolute atomic E-state index is 0. The van der Waals surface area contributed by atoms with Gasteiger partial charge in [0.25, 0.3) is 0 Å². The van der Waals surface area contributed by atoms with Crippen molar-refractivity contribution in [2.24, 2.45) is 5.41 Å². The third-order valence-electron chi connectivity index (χ3n) is 6.08. The zero-order chi connectivity index (χ0) is 18.1.